The number of ether oxygens (including phenoxy) is 1. The van der Waals surface area contributed by atoms with Crippen LogP contribution in [-0.4, -0.2) is 64.3 Å². The van der Waals surface area contributed by atoms with Gasteiger partial charge in [-0.1, -0.05) is 6.07 Å². The predicted molar refractivity (Wildman–Crippen MR) is 88.3 cm³/mol. The van der Waals surface area contributed by atoms with Crippen LogP contribution in [-0.2, 0) is 11.3 Å². The van der Waals surface area contributed by atoms with E-state index in [4.69, 9.17) is 4.74 Å². The quantitative estimate of drug-likeness (QED) is 0.862. The number of pyridine rings is 1. The van der Waals surface area contributed by atoms with E-state index in [0.717, 1.165) is 38.8 Å². The van der Waals surface area contributed by atoms with Crippen molar-refractivity contribution >= 4 is 5.52 Å². The molecule has 0 radical (unpaired) electrons. The van der Waals surface area contributed by atoms with Crippen LogP contribution in [0.5, 0.6) is 0 Å². The third-order valence-electron chi connectivity index (χ3n) is 5.69. The van der Waals surface area contributed by atoms with Gasteiger partial charge in [-0.2, -0.15) is 5.10 Å². The van der Waals surface area contributed by atoms with Gasteiger partial charge in [0.1, 0.15) is 0 Å². The molecule has 3 aliphatic rings. The number of hydrogen-bond donors (Lipinski definition) is 0. The lowest BCUT2D eigenvalue weighted by Gasteiger charge is -2.48. The van der Waals surface area contributed by atoms with Gasteiger partial charge in [-0.3, -0.25) is 9.80 Å². The Morgan fingerprint density at radius 1 is 1.13 bits per heavy atom. The molecule has 122 valence electrons. The molecule has 0 amide bonds. The number of rotatable bonds is 3. The van der Waals surface area contributed by atoms with Crippen molar-refractivity contribution in [1.82, 2.24) is 19.4 Å². The van der Waals surface area contributed by atoms with Crippen LogP contribution in [0.4, 0.5) is 0 Å². The predicted octanol–water partition coefficient (Wildman–Crippen LogP) is 1.63. The Balaban J connectivity index is 1.31. The van der Waals surface area contributed by atoms with Crippen molar-refractivity contribution in [2.24, 2.45) is 5.92 Å². The lowest BCUT2D eigenvalue weighted by atomic mass is 10.0. The van der Waals surface area contributed by atoms with E-state index < -0.39 is 0 Å². The van der Waals surface area contributed by atoms with E-state index in [1.165, 1.54) is 30.6 Å². The van der Waals surface area contributed by atoms with Gasteiger partial charge in [-0.15, -0.1) is 0 Å². The fourth-order valence-corrected chi connectivity index (χ4v) is 4.33. The van der Waals surface area contributed by atoms with Crippen molar-refractivity contribution in [3.05, 3.63) is 36.2 Å². The summed E-state index contributed by atoms with van der Waals surface area (Å²) < 4.78 is 7.99. The lowest BCUT2D eigenvalue weighted by Crippen LogP contribution is -2.62. The molecule has 0 N–H and O–H groups in total. The maximum Gasteiger partial charge on any atom is 0.0665 e. The normalized spacial score (nSPS) is 29.7. The first-order valence-corrected chi connectivity index (χ1v) is 8.86. The maximum atomic E-state index is 5.92. The van der Waals surface area contributed by atoms with Crippen LogP contribution < -0.4 is 0 Å². The molecule has 3 fully saturated rings. The molecule has 4 heterocycles. The monoisotopic (exact) mass is 312 g/mol. The van der Waals surface area contributed by atoms with Crippen LogP contribution in [0.2, 0.25) is 0 Å². The van der Waals surface area contributed by atoms with Crippen LogP contribution in [0.1, 0.15) is 18.5 Å². The summed E-state index contributed by atoms with van der Waals surface area (Å²) in [5, 5.41) is 4.46. The van der Waals surface area contributed by atoms with E-state index in [2.05, 4.69) is 43.7 Å². The van der Waals surface area contributed by atoms with E-state index in [-0.39, 0.29) is 0 Å². The molecule has 0 unspecified atom stereocenters. The molecule has 23 heavy (non-hydrogen) atoms. The summed E-state index contributed by atoms with van der Waals surface area (Å²) in [5.74, 6) is 0.905. The highest BCUT2D eigenvalue weighted by molar-refractivity contribution is 5.46. The lowest BCUT2D eigenvalue weighted by molar-refractivity contribution is -0.0882. The Morgan fingerprint density at radius 3 is 3.00 bits per heavy atom. The second-order valence-corrected chi connectivity index (χ2v) is 7.25. The Bertz CT molecular complexity index is 695. The van der Waals surface area contributed by atoms with Crippen molar-refractivity contribution < 1.29 is 4.74 Å². The number of fused-ring (bicyclic) bond motifs is 2. The van der Waals surface area contributed by atoms with Gasteiger partial charge in [-0.25, -0.2) is 4.52 Å². The SMILES string of the molecule is c1cc(CN2CCN3[C@@H](COC[C@@H]3C3CC3)C2)n2nccc2c1. The largest absolute Gasteiger partial charge is 0.378 e. The van der Waals surface area contributed by atoms with Gasteiger partial charge >= 0.3 is 0 Å². The maximum absolute atomic E-state index is 5.92. The van der Waals surface area contributed by atoms with E-state index in [1.807, 2.05) is 6.20 Å². The van der Waals surface area contributed by atoms with Gasteiger partial charge in [0.25, 0.3) is 0 Å². The van der Waals surface area contributed by atoms with Crippen molar-refractivity contribution in [2.75, 3.05) is 32.8 Å². The first-order chi connectivity index (χ1) is 11.4. The summed E-state index contributed by atoms with van der Waals surface area (Å²) in [6.07, 6.45) is 4.69. The molecule has 5 heteroatoms. The number of hydrogen-bond acceptors (Lipinski definition) is 4. The molecule has 2 aromatic rings. The van der Waals surface area contributed by atoms with Crippen LogP contribution >= 0.6 is 0 Å². The fourth-order valence-electron chi connectivity index (χ4n) is 4.33. The van der Waals surface area contributed by atoms with E-state index in [0.29, 0.717) is 12.1 Å². The molecule has 1 saturated carbocycles. The highest BCUT2D eigenvalue weighted by Gasteiger charge is 2.42. The summed E-state index contributed by atoms with van der Waals surface area (Å²) in [6.45, 7) is 6.26. The van der Waals surface area contributed by atoms with Gasteiger partial charge in [0, 0.05) is 44.5 Å². The fraction of sp³-hybridized carbons (Fsp3) is 0.611. The van der Waals surface area contributed by atoms with Gasteiger partial charge in [-0.05, 0) is 37.0 Å². The second kappa shape index (κ2) is 5.58. The van der Waals surface area contributed by atoms with Crippen LogP contribution in [0, 0.1) is 5.92 Å². The van der Waals surface area contributed by atoms with Gasteiger partial charge < -0.3 is 4.74 Å². The number of morpholine rings is 1. The van der Waals surface area contributed by atoms with Crippen molar-refractivity contribution in [1.29, 1.82) is 0 Å². The molecule has 1 aliphatic carbocycles. The topological polar surface area (TPSA) is 33.0 Å². The van der Waals surface area contributed by atoms with Gasteiger partial charge in [0.2, 0.25) is 0 Å². The van der Waals surface area contributed by atoms with E-state index >= 15 is 0 Å². The van der Waals surface area contributed by atoms with Crippen LogP contribution in [0.25, 0.3) is 5.52 Å². The first-order valence-electron chi connectivity index (χ1n) is 8.86. The Labute approximate surface area is 136 Å². The van der Waals surface area contributed by atoms with Crippen molar-refractivity contribution in [3.63, 3.8) is 0 Å². The molecule has 2 saturated heterocycles. The summed E-state index contributed by atoms with van der Waals surface area (Å²) in [5.41, 5.74) is 2.45. The standard InChI is InChI=1S/C18H24N4O/c1-2-15-6-7-19-22(15)16(3-1)10-20-8-9-21-17(11-20)12-23-13-18(21)14-4-5-14/h1-3,6-7,14,17-18H,4-5,8-13H2/t17-,18-/m1/s1. The smallest absolute Gasteiger partial charge is 0.0665 e. The minimum absolute atomic E-state index is 0.569. The Morgan fingerprint density at radius 2 is 2.09 bits per heavy atom. The third kappa shape index (κ3) is 2.57. The van der Waals surface area contributed by atoms with Crippen LogP contribution in [0.15, 0.2) is 30.5 Å². The van der Waals surface area contributed by atoms with E-state index in [9.17, 15) is 0 Å². The summed E-state index contributed by atoms with van der Waals surface area (Å²) >= 11 is 0. The summed E-state index contributed by atoms with van der Waals surface area (Å²) in [4.78, 5) is 5.31. The molecular weight excluding hydrogens is 288 g/mol. The number of nitrogens with zero attached hydrogens (tertiary/aromatic N) is 4. The zero-order valence-corrected chi connectivity index (χ0v) is 13.5. The molecule has 2 aromatic heterocycles. The molecule has 2 aliphatic heterocycles. The molecule has 0 spiro atoms. The van der Waals surface area contributed by atoms with E-state index in [1.54, 1.807) is 0 Å². The molecule has 2 atom stereocenters. The minimum atomic E-state index is 0.569. The average Bonchev–Trinajstić information content (AvgIpc) is 3.31. The zero-order valence-electron chi connectivity index (χ0n) is 13.5. The molecular formula is C18H24N4O. The zero-order chi connectivity index (χ0) is 15.2. The third-order valence-corrected chi connectivity index (χ3v) is 5.69. The van der Waals surface area contributed by atoms with Crippen molar-refractivity contribution in [2.45, 2.75) is 31.5 Å². The molecule has 0 bridgehead atoms. The molecule has 5 rings (SSSR count). The average molecular weight is 312 g/mol. The molecule has 0 aromatic carbocycles. The minimum Gasteiger partial charge on any atom is -0.378 e. The summed E-state index contributed by atoms with van der Waals surface area (Å²) in [7, 11) is 0. The van der Waals surface area contributed by atoms with Crippen LogP contribution in [0.3, 0.4) is 0 Å². The van der Waals surface area contributed by atoms with Crippen molar-refractivity contribution in [3.8, 4) is 0 Å². The summed E-state index contributed by atoms with van der Waals surface area (Å²) in [6, 6.07) is 9.76. The highest BCUT2D eigenvalue weighted by atomic mass is 16.5. The Kier molecular flexibility index (Phi) is 3.39. The van der Waals surface area contributed by atoms with Gasteiger partial charge in [0.05, 0.1) is 24.4 Å². The first kappa shape index (κ1) is 14.0. The second-order valence-electron chi connectivity index (χ2n) is 7.25. The molecule has 5 nitrogen and oxygen atoms in total. The van der Waals surface area contributed by atoms with Gasteiger partial charge in [0.15, 0.2) is 0 Å². The highest BCUT2D eigenvalue weighted by Crippen LogP contribution is 2.38. The number of piperazine rings is 1. The number of aromatic nitrogens is 2. The Hall–Kier alpha value is -1.43.